The molecule has 0 aliphatic carbocycles. The summed E-state index contributed by atoms with van der Waals surface area (Å²) in [6, 6.07) is 3.33. The normalized spacial score (nSPS) is 9.81. The summed E-state index contributed by atoms with van der Waals surface area (Å²) < 4.78 is 12.8. The Hall–Kier alpha value is -2.15. The lowest BCUT2D eigenvalue weighted by Crippen LogP contribution is -2.29. The molecule has 5 N–H and O–H groups in total. The third kappa shape index (κ3) is 3.21. The Kier molecular flexibility index (Phi) is 3.78. The number of anilines is 1. The van der Waals surface area contributed by atoms with Crippen LogP contribution >= 0.6 is 0 Å². The van der Waals surface area contributed by atoms with Crippen molar-refractivity contribution in [3.63, 3.8) is 0 Å². The summed E-state index contributed by atoms with van der Waals surface area (Å²) in [6.07, 6.45) is 0. The van der Waals surface area contributed by atoms with Gasteiger partial charge in [-0.05, 0) is 18.2 Å². The second-order valence-corrected chi connectivity index (χ2v) is 2.92. The fraction of sp³-hybridized carbons (Fsp3) is 0.111. The molecule has 1 aromatic carbocycles. The number of primary amides is 1. The maximum Gasteiger partial charge on any atom is 0.277 e. The number of amides is 2. The Balaban J connectivity index is 2.65. The number of benzene rings is 1. The molecule has 0 aliphatic rings. The van der Waals surface area contributed by atoms with Crippen LogP contribution in [0, 0.1) is 5.82 Å². The Morgan fingerprint density at radius 1 is 1.44 bits per heavy atom. The van der Waals surface area contributed by atoms with Crippen LogP contribution in [-0.4, -0.2) is 18.4 Å². The van der Waals surface area contributed by atoms with Crippen LogP contribution in [0.5, 0.6) is 0 Å². The zero-order chi connectivity index (χ0) is 12.1. The first kappa shape index (κ1) is 11.9. The van der Waals surface area contributed by atoms with Crippen molar-refractivity contribution in [1.82, 2.24) is 5.48 Å². The fourth-order valence-electron chi connectivity index (χ4n) is 0.953. The number of carbonyl (C=O) groups excluding carboxylic acids is 2. The molecule has 1 aromatic rings. The molecule has 2 amide bonds. The lowest BCUT2D eigenvalue weighted by Gasteiger charge is -2.06. The second kappa shape index (κ2) is 5.08. The Labute approximate surface area is 90.3 Å². The lowest BCUT2D eigenvalue weighted by molar-refractivity contribution is -0.124. The van der Waals surface area contributed by atoms with Crippen LogP contribution in [0.25, 0.3) is 0 Å². The summed E-state index contributed by atoms with van der Waals surface area (Å²) in [7, 11) is 0. The maximum atomic E-state index is 12.8. The minimum Gasteiger partial charge on any atom is -0.398 e. The van der Waals surface area contributed by atoms with Crippen LogP contribution in [0.3, 0.4) is 0 Å². The van der Waals surface area contributed by atoms with Gasteiger partial charge < -0.3 is 11.5 Å². The van der Waals surface area contributed by atoms with E-state index in [9.17, 15) is 14.0 Å². The van der Waals surface area contributed by atoms with E-state index in [4.69, 9.17) is 11.5 Å². The standard InChI is InChI=1S/C9H10FN3O3/c10-5-1-2-7(11)6(3-5)9(15)13-16-4-8(12)14/h1-3H,4,11H2,(H2,12,14)(H,13,15). The summed E-state index contributed by atoms with van der Waals surface area (Å²) in [6.45, 7) is -0.471. The molecule has 16 heavy (non-hydrogen) atoms. The van der Waals surface area contributed by atoms with E-state index in [1.165, 1.54) is 6.07 Å². The van der Waals surface area contributed by atoms with Gasteiger partial charge in [-0.3, -0.25) is 14.4 Å². The number of nitrogens with two attached hydrogens (primary N) is 2. The SMILES string of the molecule is NC(=O)CONC(=O)c1cc(F)ccc1N. The number of hydroxylamine groups is 1. The average molecular weight is 227 g/mol. The molecule has 7 heteroatoms. The molecule has 0 aromatic heterocycles. The van der Waals surface area contributed by atoms with Crippen molar-refractivity contribution in [3.05, 3.63) is 29.6 Å². The third-order valence-corrected chi connectivity index (χ3v) is 1.64. The second-order valence-electron chi connectivity index (χ2n) is 2.92. The van der Waals surface area contributed by atoms with Gasteiger partial charge in [0, 0.05) is 5.69 Å². The van der Waals surface area contributed by atoms with Crippen LogP contribution in [0.15, 0.2) is 18.2 Å². The van der Waals surface area contributed by atoms with Crippen molar-refractivity contribution in [2.75, 3.05) is 12.3 Å². The fourth-order valence-corrected chi connectivity index (χ4v) is 0.953. The number of carbonyl (C=O) groups is 2. The van der Waals surface area contributed by atoms with Gasteiger partial charge >= 0.3 is 0 Å². The van der Waals surface area contributed by atoms with E-state index < -0.39 is 24.2 Å². The van der Waals surface area contributed by atoms with Crippen LogP contribution in [-0.2, 0) is 9.63 Å². The van der Waals surface area contributed by atoms with E-state index in [1.807, 2.05) is 5.48 Å². The maximum absolute atomic E-state index is 12.8. The number of rotatable bonds is 4. The van der Waals surface area contributed by atoms with Crippen LogP contribution in [0.2, 0.25) is 0 Å². The topological polar surface area (TPSA) is 107 Å². The molecule has 0 heterocycles. The molecule has 6 nitrogen and oxygen atoms in total. The molecule has 1 rings (SSSR count). The smallest absolute Gasteiger partial charge is 0.277 e. The molecule has 0 saturated heterocycles. The number of halogens is 1. The van der Waals surface area contributed by atoms with Gasteiger partial charge in [-0.25, -0.2) is 9.87 Å². The first-order valence-corrected chi connectivity index (χ1v) is 4.26. The molecule has 0 spiro atoms. The summed E-state index contributed by atoms with van der Waals surface area (Å²) in [5.74, 6) is -2.10. The Morgan fingerprint density at radius 3 is 2.75 bits per heavy atom. The average Bonchev–Trinajstić information content (AvgIpc) is 2.21. The summed E-state index contributed by atoms with van der Waals surface area (Å²) >= 11 is 0. The predicted molar refractivity (Wildman–Crippen MR) is 53.4 cm³/mol. The van der Waals surface area contributed by atoms with E-state index in [2.05, 4.69) is 4.84 Å². The molecular weight excluding hydrogens is 217 g/mol. The van der Waals surface area contributed by atoms with Gasteiger partial charge in [-0.15, -0.1) is 0 Å². The summed E-state index contributed by atoms with van der Waals surface area (Å²) in [5, 5.41) is 0. The molecule has 0 unspecified atom stereocenters. The highest BCUT2D eigenvalue weighted by molar-refractivity contribution is 5.98. The molecule has 0 saturated carbocycles. The molecule has 0 atom stereocenters. The Morgan fingerprint density at radius 2 is 2.12 bits per heavy atom. The van der Waals surface area contributed by atoms with Crippen LogP contribution < -0.4 is 16.9 Å². The largest absolute Gasteiger partial charge is 0.398 e. The molecule has 0 fully saturated rings. The third-order valence-electron chi connectivity index (χ3n) is 1.64. The molecular formula is C9H10FN3O3. The highest BCUT2D eigenvalue weighted by Gasteiger charge is 2.11. The number of nitrogens with one attached hydrogen (secondary N) is 1. The Bertz CT molecular complexity index is 422. The summed E-state index contributed by atoms with van der Waals surface area (Å²) in [4.78, 5) is 26.1. The van der Waals surface area contributed by atoms with E-state index in [-0.39, 0.29) is 11.3 Å². The number of nitrogen functional groups attached to an aromatic ring is 1. The number of hydrogen-bond donors (Lipinski definition) is 3. The van der Waals surface area contributed by atoms with E-state index in [0.29, 0.717) is 0 Å². The zero-order valence-corrected chi connectivity index (χ0v) is 8.20. The van der Waals surface area contributed by atoms with E-state index >= 15 is 0 Å². The van der Waals surface area contributed by atoms with Gasteiger partial charge in [-0.1, -0.05) is 0 Å². The van der Waals surface area contributed by atoms with Gasteiger partial charge in [0.2, 0.25) is 5.91 Å². The van der Waals surface area contributed by atoms with Crippen molar-refractivity contribution in [2.24, 2.45) is 5.73 Å². The van der Waals surface area contributed by atoms with Gasteiger partial charge in [-0.2, -0.15) is 0 Å². The van der Waals surface area contributed by atoms with E-state index in [1.54, 1.807) is 0 Å². The van der Waals surface area contributed by atoms with Crippen molar-refractivity contribution in [3.8, 4) is 0 Å². The van der Waals surface area contributed by atoms with Crippen LogP contribution in [0.1, 0.15) is 10.4 Å². The lowest BCUT2D eigenvalue weighted by atomic mass is 10.1. The highest BCUT2D eigenvalue weighted by atomic mass is 19.1. The van der Waals surface area contributed by atoms with Gasteiger partial charge in [0.1, 0.15) is 5.82 Å². The van der Waals surface area contributed by atoms with Gasteiger partial charge in [0.25, 0.3) is 5.91 Å². The van der Waals surface area contributed by atoms with Crippen molar-refractivity contribution >= 4 is 17.5 Å². The van der Waals surface area contributed by atoms with E-state index in [0.717, 1.165) is 12.1 Å². The monoisotopic (exact) mass is 227 g/mol. The van der Waals surface area contributed by atoms with Crippen molar-refractivity contribution < 1.29 is 18.8 Å². The predicted octanol–water partition coefficient (Wildman–Crippen LogP) is -0.445. The minimum atomic E-state index is -0.752. The quantitative estimate of drug-likeness (QED) is 0.478. The molecule has 0 bridgehead atoms. The summed E-state index contributed by atoms with van der Waals surface area (Å²) in [5.41, 5.74) is 12.2. The number of hydrogen-bond acceptors (Lipinski definition) is 4. The first-order valence-electron chi connectivity index (χ1n) is 4.26. The molecule has 0 aliphatic heterocycles. The van der Waals surface area contributed by atoms with Gasteiger partial charge in [0.15, 0.2) is 6.61 Å². The van der Waals surface area contributed by atoms with Crippen molar-refractivity contribution in [1.29, 1.82) is 0 Å². The zero-order valence-electron chi connectivity index (χ0n) is 8.20. The minimum absolute atomic E-state index is 0.0792. The molecule has 0 radical (unpaired) electrons. The highest BCUT2D eigenvalue weighted by Crippen LogP contribution is 2.12. The van der Waals surface area contributed by atoms with Gasteiger partial charge in [0.05, 0.1) is 5.56 Å². The van der Waals surface area contributed by atoms with Crippen LogP contribution in [0.4, 0.5) is 10.1 Å². The molecule has 86 valence electrons. The first-order chi connectivity index (χ1) is 7.50. The van der Waals surface area contributed by atoms with Crippen molar-refractivity contribution in [2.45, 2.75) is 0 Å².